The Hall–Kier alpha value is -2.26. The van der Waals surface area contributed by atoms with Gasteiger partial charge in [-0.15, -0.1) is 5.10 Å². The van der Waals surface area contributed by atoms with Gasteiger partial charge in [0.25, 0.3) is 5.82 Å². The van der Waals surface area contributed by atoms with E-state index in [1.165, 1.54) is 23.1 Å². The summed E-state index contributed by atoms with van der Waals surface area (Å²) in [7, 11) is 0. The number of benzene rings is 1. The predicted molar refractivity (Wildman–Crippen MR) is 56.1 cm³/mol. The van der Waals surface area contributed by atoms with Crippen LogP contribution in [0.1, 0.15) is 17.5 Å². The molecule has 0 fully saturated rings. The smallest absolute Gasteiger partial charge is 0.252 e. The minimum Gasteiger partial charge on any atom is -0.386 e. The molecule has 0 saturated heterocycles. The first-order valence-electron chi connectivity index (χ1n) is 4.92. The molecule has 0 radical (unpaired) electrons. The van der Waals surface area contributed by atoms with Gasteiger partial charge in [0.05, 0.1) is 6.54 Å². The van der Waals surface area contributed by atoms with Crippen molar-refractivity contribution in [3.63, 3.8) is 0 Å². The third-order valence-electron chi connectivity index (χ3n) is 2.26. The van der Waals surface area contributed by atoms with Gasteiger partial charge in [-0.3, -0.25) is 0 Å². The van der Waals surface area contributed by atoms with E-state index in [4.69, 9.17) is 5.26 Å². The molecule has 1 aromatic heterocycles. The number of aromatic nitrogens is 3. The van der Waals surface area contributed by atoms with E-state index in [9.17, 15) is 9.50 Å². The second-order valence-corrected chi connectivity index (χ2v) is 3.44. The van der Waals surface area contributed by atoms with Gasteiger partial charge >= 0.3 is 0 Å². The van der Waals surface area contributed by atoms with Crippen LogP contribution in [0.25, 0.3) is 0 Å². The van der Waals surface area contributed by atoms with Crippen LogP contribution in [0.15, 0.2) is 30.6 Å². The largest absolute Gasteiger partial charge is 0.386 e. The van der Waals surface area contributed by atoms with E-state index < -0.39 is 11.9 Å². The van der Waals surface area contributed by atoms with Crippen LogP contribution in [0.5, 0.6) is 0 Å². The zero-order valence-electron chi connectivity index (χ0n) is 8.79. The molecule has 0 aliphatic carbocycles. The Morgan fingerprint density at radius 3 is 2.88 bits per heavy atom. The third-order valence-corrected chi connectivity index (χ3v) is 2.26. The highest BCUT2D eigenvalue weighted by Crippen LogP contribution is 2.17. The van der Waals surface area contributed by atoms with E-state index in [2.05, 4.69) is 10.1 Å². The van der Waals surface area contributed by atoms with Gasteiger partial charge in [-0.2, -0.15) is 5.26 Å². The Balaban J connectivity index is 2.14. The fraction of sp³-hybridized carbons (Fsp3) is 0.182. The van der Waals surface area contributed by atoms with Crippen LogP contribution >= 0.6 is 0 Å². The molecule has 86 valence electrons. The molecule has 0 saturated carbocycles. The Bertz CT molecular complexity index is 561. The Morgan fingerprint density at radius 2 is 2.24 bits per heavy atom. The summed E-state index contributed by atoms with van der Waals surface area (Å²) < 4.78 is 14.7. The molecule has 1 atom stereocenters. The first-order chi connectivity index (χ1) is 8.20. The zero-order valence-corrected chi connectivity index (χ0v) is 8.79. The van der Waals surface area contributed by atoms with E-state index in [1.807, 2.05) is 0 Å². The van der Waals surface area contributed by atoms with Gasteiger partial charge < -0.3 is 5.11 Å². The van der Waals surface area contributed by atoms with Crippen LogP contribution < -0.4 is 0 Å². The summed E-state index contributed by atoms with van der Waals surface area (Å²) in [6, 6.07) is 7.75. The van der Waals surface area contributed by atoms with Crippen molar-refractivity contribution in [1.29, 1.82) is 5.26 Å². The summed E-state index contributed by atoms with van der Waals surface area (Å²) in [4.78, 5) is 3.69. The molecule has 0 amide bonds. The topological polar surface area (TPSA) is 74.7 Å². The Morgan fingerprint density at radius 1 is 1.47 bits per heavy atom. The molecule has 6 heteroatoms. The molecular weight excluding hydrogens is 223 g/mol. The highest BCUT2D eigenvalue weighted by molar-refractivity contribution is 5.19. The van der Waals surface area contributed by atoms with E-state index in [0.29, 0.717) is 0 Å². The Labute approximate surface area is 96.8 Å². The SMILES string of the molecule is N#Cc1ncn(CC(O)c2ccccc2F)n1. The van der Waals surface area contributed by atoms with Gasteiger partial charge in [0.2, 0.25) is 0 Å². The predicted octanol–water partition coefficient (Wildman–Crippen LogP) is 1.02. The van der Waals surface area contributed by atoms with Crippen molar-refractivity contribution in [3.8, 4) is 6.07 Å². The van der Waals surface area contributed by atoms with Gasteiger partial charge in [-0.25, -0.2) is 14.1 Å². The molecule has 1 aromatic carbocycles. The monoisotopic (exact) mass is 232 g/mol. The van der Waals surface area contributed by atoms with Crippen molar-refractivity contribution in [2.75, 3.05) is 0 Å². The van der Waals surface area contributed by atoms with Gasteiger partial charge in [-0.1, -0.05) is 18.2 Å². The molecule has 0 aliphatic heterocycles. The lowest BCUT2D eigenvalue weighted by molar-refractivity contribution is 0.147. The molecule has 1 heterocycles. The zero-order chi connectivity index (χ0) is 12.3. The lowest BCUT2D eigenvalue weighted by atomic mass is 10.1. The number of aliphatic hydroxyl groups is 1. The second-order valence-electron chi connectivity index (χ2n) is 3.44. The first kappa shape index (κ1) is 11.2. The molecule has 2 aromatic rings. The fourth-order valence-corrected chi connectivity index (χ4v) is 1.45. The molecule has 5 nitrogen and oxygen atoms in total. The quantitative estimate of drug-likeness (QED) is 0.857. The molecule has 17 heavy (non-hydrogen) atoms. The summed E-state index contributed by atoms with van der Waals surface area (Å²) >= 11 is 0. The normalized spacial score (nSPS) is 12.1. The number of rotatable bonds is 3. The van der Waals surface area contributed by atoms with Crippen molar-refractivity contribution in [2.45, 2.75) is 12.6 Å². The number of nitrogens with zero attached hydrogens (tertiary/aromatic N) is 4. The summed E-state index contributed by atoms with van der Waals surface area (Å²) in [6.07, 6.45) is 0.298. The van der Waals surface area contributed by atoms with Crippen LogP contribution in [-0.4, -0.2) is 19.9 Å². The van der Waals surface area contributed by atoms with Crippen molar-refractivity contribution in [1.82, 2.24) is 14.8 Å². The number of nitriles is 1. The average molecular weight is 232 g/mol. The maximum absolute atomic E-state index is 13.4. The number of hydrogen-bond donors (Lipinski definition) is 1. The van der Waals surface area contributed by atoms with Crippen molar-refractivity contribution in [3.05, 3.63) is 47.8 Å². The molecule has 1 N–H and O–H groups in total. The van der Waals surface area contributed by atoms with Gasteiger partial charge in [0.1, 0.15) is 24.3 Å². The number of aliphatic hydroxyl groups excluding tert-OH is 1. The van der Waals surface area contributed by atoms with E-state index in [-0.39, 0.29) is 17.9 Å². The second kappa shape index (κ2) is 4.72. The molecule has 2 rings (SSSR count). The van der Waals surface area contributed by atoms with E-state index >= 15 is 0 Å². The van der Waals surface area contributed by atoms with Crippen LogP contribution in [0, 0.1) is 17.1 Å². The molecule has 0 aliphatic rings. The molecule has 1 unspecified atom stereocenters. The standard InChI is InChI=1S/C11H9FN4O/c12-9-4-2-1-3-8(9)10(17)6-16-7-14-11(5-13)15-16/h1-4,7,10,17H,6H2. The van der Waals surface area contributed by atoms with Gasteiger partial charge in [0, 0.05) is 5.56 Å². The van der Waals surface area contributed by atoms with Crippen LogP contribution in [0.3, 0.4) is 0 Å². The van der Waals surface area contributed by atoms with Crippen molar-refractivity contribution < 1.29 is 9.50 Å². The highest BCUT2D eigenvalue weighted by Gasteiger charge is 2.13. The fourth-order valence-electron chi connectivity index (χ4n) is 1.45. The minimum atomic E-state index is -1.02. The van der Waals surface area contributed by atoms with Crippen molar-refractivity contribution >= 4 is 0 Å². The molecular formula is C11H9FN4O. The summed E-state index contributed by atoms with van der Waals surface area (Å²) in [5.41, 5.74) is 0.196. The number of hydrogen-bond acceptors (Lipinski definition) is 4. The maximum Gasteiger partial charge on any atom is 0.252 e. The van der Waals surface area contributed by atoms with E-state index in [1.54, 1.807) is 18.2 Å². The van der Waals surface area contributed by atoms with Crippen LogP contribution in [-0.2, 0) is 6.54 Å². The summed E-state index contributed by atoms with van der Waals surface area (Å²) in [5, 5.41) is 22.1. The van der Waals surface area contributed by atoms with Gasteiger partial charge in [0.15, 0.2) is 0 Å². The molecule has 0 bridgehead atoms. The Kier molecular flexibility index (Phi) is 3.12. The molecule has 0 spiro atoms. The lowest BCUT2D eigenvalue weighted by Gasteiger charge is -2.11. The van der Waals surface area contributed by atoms with Crippen LogP contribution in [0.4, 0.5) is 4.39 Å². The minimum absolute atomic E-state index is 0.0192. The van der Waals surface area contributed by atoms with Crippen molar-refractivity contribution in [2.24, 2.45) is 0 Å². The summed E-state index contributed by atoms with van der Waals surface area (Å²) in [5.74, 6) is -0.452. The number of halogens is 1. The van der Waals surface area contributed by atoms with Crippen LogP contribution in [0.2, 0.25) is 0 Å². The maximum atomic E-state index is 13.4. The highest BCUT2D eigenvalue weighted by atomic mass is 19.1. The van der Waals surface area contributed by atoms with E-state index in [0.717, 1.165) is 0 Å². The third kappa shape index (κ3) is 2.46. The first-order valence-corrected chi connectivity index (χ1v) is 4.92. The summed E-state index contributed by atoms with van der Waals surface area (Å²) in [6.45, 7) is 0.0512. The average Bonchev–Trinajstić information content (AvgIpc) is 2.77. The van der Waals surface area contributed by atoms with Gasteiger partial charge in [-0.05, 0) is 6.07 Å². The lowest BCUT2D eigenvalue weighted by Crippen LogP contribution is -2.10.